The first-order valence-electron chi connectivity index (χ1n) is 15.7. The van der Waals surface area contributed by atoms with Crippen LogP contribution in [0.15, 0.2) is 30.5 Å². The summed E-state index contributed by atoms with van der Waals surface area (Å²) in [6.45, 7) is 11.5. The normalized spacial score (nSPS) is 21.5. The third kappa shape index (κ3) is 10.0. The van der Waals surface area contributed by atoms with E-state index in [2.05, 4.69) is 33.9 Å². The van der Waals surface area contributed by atoms with Crippen LogP contribution in [0.5, 0.6) is 0 Å². The molecule has 3 heterocycles. The highest BCUT2D eigenvalue weighted by Gasteiger charge is 2.32. The second-order valence-corrected chi connectivity index (χ2v) is 13.5. The number of nitrogens with zero attached hydrogens (tertiary/aromatic N) is 3. The molecule has 44 heavy (non-hydrogen) atoms. The molecule has 3 N–H and O–H groups in total. The Bertz CT molecular complexity index is 1280. The molecule has 2 atom stereocenters. The van der Waals surface area contributed by atoms with Gasteiger partial charge in [-0.1, -0.05) is 17.7 Å². The molecule has 0 amide bonds. The van der Waals surface area contributed by atoms with Crippen LogP contribution >= 0.6 is 11.6 Å². The maximum absolute atomic E-state index is 12.2. The van der Waals surface area contributed by atoms with Gasteiger partial charge in [0.1, 0.15) is 17.2 Å². The quantitative estimate of drug-likeness (QED) is 0.242. The number of ether oxygens (including phenoxy) is 3. The van der Waals surface area contributed by atoms with Gasteiger partial charge in [0, 0.05) is 49.6 Å². The maximum atomic E-state index is 12.2. The van der Waals surface area contributed by atoms with Crippen LogP contribution in [0.4, 0.5) is 11.6 Å². The first-order chi connectivity index (χ1) is 20.9. The molecule has 1 aliphatic heterocycles. The van der Waals surface area contributed by atoms with Crippen LogP contribution in [0.1, 0.15) is 73.1 Å². The van der Waals surface area contributed by atoms with Gasteiger partial charge in [-0.05, 0) is 91.3 Å². The van der Waals surface area contributed by atoms with E-state index < -0.39 is 17.1 Å². The summed E-state index contributed by atoms with van der Waals surface area (Å²) in [7, 11) is 0. The average Bonchev–Trinajstić information content (AvgIpc) is 3.00. The molecular formula is C33H47ClN6O4. The van der Waals surface area contributed by atoms with Gasteiger partial charge in [0.05, 0.1) is 28.8 Å². The van der Waals surface area contributed by atoms with E-state index in [9.17, 15) is 10.1 Å². The van der Waals surface area contributed by atoms with Crippen molar-refractivity contribution in [3.8, 4) is 17.3 Å². The first-order valence-corrected chi connectivity index (χ1v) is 16.1. The van der Waals surface area contributed by atoms with E-state index in [1.807, 2.05) is 45.0 Å². The molecule has 0 bridgehead atoms. The Morgan fingerprint density at radius 3 is 2.55 bits per heavy atom. The minimum atomic E-state index is -0.600. The van der Waals surface area contributed by atoms with Crippen molar-refractivity contribution >= 4 is 29.2 Å². The van der Waals surface area contributed by atoms with E-state index >= 15 is 0 Å². The van der Waals surface area contributed by atoms with E-state index in [0.29, 0.717) is 62.1 Å². The SMILES string of the molecule is C[C@@H](CO[C@H](C)C(=O)OC(C)(C)C)NC1CCC(Nc2cc(-c3cccc(NCC4(C#N)CCOCC4)n3)c(Cl)cn2)CC1. The monoisotopic (exact) mass is 626 g/mol. The fourth-order valence-corrected chi connectivity index (χ4v) is 5.75. The number of carbonyl (C=O) groups is 1. The zero-order valence-corrected chi connectivity index (χ0v) is 27.4. The number of nitrogens with one attached hydrogen (secondary N) is 3. The van der Waals surface area contributed by atoms with Gasteiger partial charge < -0.3 is 30.2 Å². The topological polar surface area (TPSA) is 130 Å². The molecule has 0 spiro atoms. The van der Waals surface area contributed by atoms with Crippen molar-refractivity contribution in [3.63, 3.8) is 0 Å². The largest absolute Gasteiger partial charge is 0.458 e. The van der Waals surface area contributed by atoms with Gasteiger partial charge in [0.2, 0.25) is 0 Å². The number of pyridine rings is 2. The lowest BCUT2D eigenvalue weighted by Gasteiger charge is -2.32. The second-order valence-electron chi connectivity index (χ2n) is 13.1. The van der Waals surface area contributed by atoms with Crippen LogP contribution < -0.4 is 16.0 Å². The Labute approximate surface area is 266 Å². The van der Waals surface area contributed by atoms with Gasteiger partial charge in [-0.3, -0.25) is 0 Å². The molecule has 11 heteroatoms. The molecule has 1 saturated heterocycles. The smallest absolute Gasteiger partial charge is 0.335 e. The van der Waals surface area contributed by atoms with Crippen LogP contribution in [-0.4, -0.2) is 72.1 Å². The highest BCUT2D eigenvalue weighted by molar-refractivity contribution is 6.33. The van der Waals surface area contributed by atoms with Crippen LogP contribution in [0.25, 0.3) is 11.3 Å². The number of anilines is 2. The summed E-state index contributed by atoms with van der Waals surface area (Å²) in [6, 6.07) is 11.0. The summed E-state index contributed by atoms with van der Waals surface area (Å²) < 4.78 is 16.6. The van der Waals surface area contributed by atoms with E-state index in [-0.39, 0.29) is 12.0 Å². The van der Waals surface area contributed by atoms with Gasteiger partial charge in [-0.2, -0.15) is 5.26 Å². The molecule has 2 aromatic heterocycles. The number of esters is 1. The van der Waals surface area contributed by atoms with Crippen LogP contribution in [0, 0.1) is 16.7 Å². The van der Waals surface area contributed by atoms with Crippen molar-refractivity contribution in [2.24, 2.45) is 5.41 Å². The Hall–Kier alpha value is -2.97. The lowest BCUT2D eigenvalue weighted by atomic mass is 9.82. The van der Waals surface area contributed by atoms with Crippen LogP contribution in [0.3, 0.4) is 0 Å². The lowest BCUT2D eigenvalue weighted by molar-refractivity contribution is -0.167. The molecule has 4 rings (SSSR count). The summed E-state index contributed by atoms with van der Waals surface area (Å²) in [4.78, 5) is 21.5. The van der Waals surface area contributed by atoms with Gasteiger partial charge in [-0.25, -0.2) is 14.8 Å². The Kier molecular flexibility index (Phi) is 11.8. The number of halogens is 1. The van der Waals surface area contributed by atoms with Gasteiger partial charge >= 0.3 is 5.97 Å². The molecule has 2 aliphatic rings. The average molecular weight is 627 g/mol. The third-order valence-electron chi connectivity index (χ3n) is 8.11. The number of rotatable bonds is 12. The predicted octanol–water partition coefficient (Wildman–Crippen LogP) is 5.98. The van der Waals surface area contributed by atoms with Crippen LogP contribution in [-0.2, 0) is 19.0 Å². The molecule has 0 radical (unpaired) electrons. The predicted molar refractivity (Wildman–Crippen MR) is 173 cm³/mol. The van der Waals surface area contributed by atoms with Crippen molar-refractivity contribution in [2.75, 3.05) is 37.0 Å². The maximum Gasteiger partial charge on any atom is 0.335 e. The molecule has 1 aliphatic carbocycles. The number of aromatic nitrogens is 2. The molecule has 2 aromatic rings. The molecule has 1 saturated carbocycles. The Morgan fingerprint density at radius 2 is 1.86 bits per heavy atom. The van der Waals surface area contributed by atoms with E-state index in [4.69, 9.17) is 30.8 Å². The van der Waals surface area contributed by atoms with Crippen molar-refractivity contribution in [3.05, 3.63) is 35.5 Å². The van der Waals surface area contributed by atoms with Gasteiger partial charge in [-0.15, -0.1) is 0 Å². The second kappa shape index (κ2) is 15.3. The van der Waals surface area contributed by atoms with Crippen molar-refractivity contribution in [1.82, 2.24) is 15.3 Å². The third-order valence-corrected chi connectivity index (χ3v) is 8.41. The molecule has 240 valence electrons. The molecule has 2 fully saturated rings. The summed E-state index contributed by atoms with van der Waals surface area (Å²) in [5, 5.41) is 20.9. The van der Waals surface area contributed by atoms with E-state index in [0.717, 1.165) is 42.8 Å². The molecular weight excluding hydrogens is 580 g/mol. The number of nitriles is 1. The zero-order chi connectivity index (χ0) is 31.7. The number of carbonyl (C=O) groups excluding carboxylic acids is 1. The van der Waals surface area contributed by atoms with Gasteiger partial charge in [0.25, 0.3) is 0 Å². The molecule has 0 unspecified atom stereocenters. The Balaban J connectivity index is 1.26. The van der Waals surface area contributed by atoms with E-state index in [1.54, 1.807) is 13.1 Å². The zero-order valence-electron chi connectivity index (χ0n) is 26.6. The standard InChI is InChI=1S/C33H47ClN6O4/c1-22(19-43-23(2)31(41)44-32(3,4)5)38-24-9-11-25(12-10-24)39-30-17-26(27(34)18-36-30)28-7-6-8-29(40-28)37-21-33(20-35)13-15-42-16-14-33/h6-8,17-18,22-25,38H,9-16,19,21H2,1-5H3,(H,36,39)(H,37,40)/t22-,23+,24?,25?/m0/s1. The fourth-order valence-electron chi connectivity index (χ4n) is 5.55. The molecule has 0 aromatic carbocycles. The minimum absolute atomic E-state index is 0.120. The summed E-state index contributed by atoms with van der Waals surface area (Å²) in [5.41, 5.74) is 0.580. The van der Waals surface area contributed by atoms with E-state index in [1.165, 1.54) is 0 Å². The Morgan fingerprint density at radius 1 is 1.16 bits per heavy atom. The highest BCUT2D eigenvalue weighted by atomic mass is 35.5. The lowest BCUT2D eigenvalue weighted by Crippen LogP contribution is -2.44. The summed E-state index contributed by atoms with van der Waals surface area (Å²) >= 11 is 6.58. The highest BCUT2D eigenvalue weighted by Crippen LogP contribution is 2.32. The summed E-state index contributed by atoms with van der Waals surface area (Å²) in [5.74, 6) is 1.13. The summed E-state index contributed by atoms with van der Waals surface area (Å²) in [6.07, 6.45) is 6.54. The first kappa shape index (κ1) is 33.9. The van der Waals surface area contributed by atoms with Gasteiger partial charge in [0.15, 0.2) is 6.10 Å². The minimum Gasteiger partial charge on any atom is -0.458 e. The van der Waals surface area contributed by atoms with Crippen molar-refractivity contribution in [1.29, 1.82) is 5.26 Å². The molecule has 10 nitrogen and oxygen atoms in total. The van der Waals surface area contributed by atoms with Crippen molar-refractivity contribution in [2.45, 2.75) is 103 Å². The number of hydrogen-bond acceptors (Lipinski definition) is 10. The fraction of sp³-hybridized carbons (Fsp3) is 0.636. The van der Waals surface area contributed by atoms with Crippen LogP contribution in [0.2, 0.25) is 5.02 Å². The van der Waals surface area contributed by atoms with Crippen molar-refractivity contribution < 1.29 is 19.0 Å². The number of hydrogen-bond donors (Lipinski definition) is 3.